The van der Waals surface area contributed by atoms with E-state index < -0.39 is 0 Å². The van der Waals surface area contributed by atoms with Crippen molar-refractivity contribution in [3.05, 3.63) is 76.1 Å². The summed E-state index contributed by atoms with van der Waals surface area (Å²) in [5, 5.41) is 0.950. The van der Waals surface area contributed by atoms with E-state index in [1.54, 1.807) is 6.92 Å². The predicted molar refractivity (Wildman–Crippen MR) is 110 cm³/mol. The lowest BCUT2D eigenvalue weighted by molar-refractivity contribution is -0.133. The average molecular weight is 376 g/mol. The van der Waals surface area contributed by atoms with E-state index in [2.05, 4.69) is 4.98 Å². The van der Waals surface area contributed by atoms with Crippen molar-refractivity contribution in [2.24, 2.45) is 0 Å². The zero-order valence-corrected chi connectivity index (χ0v) is 16.0. The Labute approximate surface area is 163 Å². The van der Waals surface area contributed by atoms with Gasteiger partial charge < -0.3 is 14.6 Å². The molecule has 0 spiro atoms. The molecular weight excluding hydrogens is 352 g/mol. The Morgan fingerprint density at radius 3 is 2.82 bits per heavy atom. The molecule has 5 nitrogen and oxygen atoms in total. The third-order valence-corrected chi connectivity index (χ3v) is 5.23. The van der Waals surface area contributed by atoms with E-state index >= 15 is 0 Å². The number of H-pyrrole nitrogens is 1. The molecule has 1 saturated heterocycles. The Hall–Kier alpha value is -3.08. The van der Waals surface area contributed by atoms with Gasteiger partial charge in [0, 0.05) is 17.6 Å². The predicted octanol–water partition coefficient (Wildman–Crippen LogP) is 3.45. The third-order valence-electron chi connectivity index (χ3n) is 5.23. The number of piperidine rings is 1. The number of amides is 1. The van der Waals surface area contributed by atoms with Crippen LogP contribution in [0.3, 0.4) is 0 Å². The molecule has 4 rings (SSSR count). The Bertz CT molecular complexity index is 1040. The van der Waals surface area contributed by atoms with Gasteiger partial charge in [-0.05, 0) is 61.0 Å². The lowest BCUT2D eigenvalue weighted by Gasteiger charge is -2.33. The van der Waals surface area contributed by atoms with Gasteiger partial charge in [-0.3, -0.25) is 9.59 Å². The molecule has 1 atom stereocenters. The van der Waals surface area contributed by atoms with Crippen molar-refractivity contribution in [2.45, 2.75) is 32.3 Å². The number of rotatable bonds is 4. The smallest absolute Gasteiger partial charge is 0.251 e. The molecule has 1 amide bonds. The molecule has 1 aliphatic heterocycles. The summed E-state index contributed by atoms with van der Waals surface area (Å²) in [4.78, 5) is 29.3. The summed E-state index contributed by atoms with van der Waals surface area (Å²) < 4.78 is 6.04. The first-order valence-electron chi connectivity index (χ1n) is 9.70. The van der Waals surface area contributed by atoms with Crippen molar-refractivity contribution >= 4 is 16.8 Å². The van der Waals surface area contributed by atoms with Crippen LogP contribution in [0.25, 0.3) is 10.9 Å². The number of aromatic amines is 1. The Balaban J connectivity index is 1.43. The van der Waals surface area contributed by atoms with Crippen LogP contribution in [-0.2, 0) is 11.2 Å². The van der Waals surface area contributed by atoms with Gasteiger partial charge in [-0.15, -0.1) is 0 Å². The van der Waals surface area contributed by atoms with E-state index in [0.29, 0.717) is 18.5 Å². The number of likely N-dealkylation sites (tertiary alicyclic amines) is 1. The fourth-order valence-electron chi connectivity index (χ4n) is 3.71. The Morgan fingerprint density at radius 1 is 1.18 bits per heavy atom. The molecule has 144 valence electrons. The van der Waals surface area contributed by atoms with E-state index in [1.807, 2.05) is 59.5 Å². The highest BCUT2D eigenvalue weighted by Gasteiger charge is 2.25. The topological polar surface area (TPSA) is 62.4 Å². The van der Waals surface area contributed by atoms with Crippen molar-refractivity contribution in [1.29, 1.82) is 0 Å². The van der Waals surface area contributed by atoms with Crippen LogP contribution < -0.4 is 10.3 Å². The molecule has 0 bridgehead atoms. The van der Waals surface area contributed by atoms with Crippen molar-refractivity contribution in [2.75, 3.05) is 13.1 Å². The maximum atomic E-state index is 12.8. The fourth-order valence-corrected chi connectivity index (χ4v) is 3.71. The van der Waals surface area contributed by atoms with Gasteiger partial charge in [0.1, 0.15) is 11.9 Å². The largest absolute Gasteiger partial charge is 0.489 e. The number of pyridine rings is 1. The van der Waals surface area contributed by atoms with Crippen LogP contribution in [0.15, 0.2) is 59.4 Å². The van der Waals surface area contributed by atoms with Gasteiger partial charge in [0.05, 0.1) is 13.0 Å². The second-order valence-electron chi connectivity index (χ2n) is 7.41. The number of aryl methyl sites for hydroxylation is 1. The highest BCUT2D eigenvalue weighted by Crippen LogP contribution is 2.20. The van der Waals surface area contributed by atoms with Gasteiger partial charge in [-0.2, -0.15) is 0 Å². The van der Waals surface area contributed by atoms with Crippen LogP contribution in [0, 0.1) is 6.92 Å². The van der Waals surface area contributed by atoms with Gasteiger partial charge in [0.25, 0.3) is 5.56 Å². The SMILES string of the molecule is Cc1cc2cc(CC(=O)N3CCCC(Oc4ccccc4)C3)ccc2[nH]c1=O. The van der Waals surface area contributed by atoms with Gasteiger partial charge in [-0.25, -0.2) is 0 Å². The summed E-state index contributed by atoms with van der Waals surface area (Å²) in [6, 6.07) is 17.4. The molecule has 1 N–H and O–H groups in total. The summed E-state index contributed by atoms with van der Waals surface area (Å²) in [7, 11) is 0. The Kier molecular flexibility index (Phi) is 5.15. The second-order valence-corrected chi connectivity index (χ2v) is 7.41. The number of hydrogen-bond donors (Lipinski definition) is 1. The molecule has 0 radical (unpaired) electrons. The quantitative estimate of drug-likeness (QED) is 0.759. The van der Waals surface area contributed by atoms with E-state index in [-0.39, 0.29) is 17.6 Å². The minimum Gasteiger partial charge on any atom is -0.489 e. The van der Waals surface area contributed by atoms with Crippen LogP contribution in [0.4, 0.5) is 0 Å². The summed E-state index contributed by atoms with van der Waals surface area (Å²) >= 11 is 0. The Morgan fingerprint density at radius 2 is 2.00 bits per heavy atom. The van der Waals surface area contributed by atoms with Gasteiger partial charge >= 0.3 is 0 Å². The lowest BCUT2D eigenvalue weighted by atomic mass is 10.0. The second kappa shape index (κ2) is 7.89. The highest BCUT2D eigenvalue weighted by molar-refractivity contribution is 5.83. The number of hydrogen-bond acceptors (Lipinski definition) is 3. The molecule has 0 saturated carbocycles. The van der Waals surface area contributed by atoms with Crippen molar-refractivity contribution in [3.63, 3.8) is 0 Å². The number of ether oxygens (including phenoxy) is 1. The lowest BCUT2D eigenvalue weighted by Crippen LogP contribution is -2.45. The molecule has 2 heterocycles. The standard InChI is InChI=1S/C23H24N2O3/c1-16-12-18-13-17(9-10-21(18)24-23(16)27)14-22(26)25-11-5-8-20(15-25)28-19-6-3-2-4-7-19/h2-4,6-7,9-10,12-13,20H,5,8,11,14-15H2,1H3,(H,24,27). The number of fused-ring (bicyclic) bond motifs is 1. The molecular formula is C23H24N2O3. The molecule has 1 aromatic heterocycles. The van der Waals surface area contributed by atoms with Crippen molar-refractivity contribution in [1.82, 2.24) is 9.88 Å². The zero-order chi connectivity index (χ0) is 19.5. The van der Waals surface area contributed by atoms with Crippen LogP contribution in [0.2, 0.25) is 0 Å². The van der Waals surface area contributed by atoms with Crippen LogP contribution in [0.1, 0.15) is 24.0 Å². The summed E-state index contributed by atoms with van der Waals surface area (Å²) in [5.41, 5.74) is 2.35. The molecule has 1 unspecified atom stereocenters. The molecule has 0 aliphatic carbocycles. The fraction of sp³-hybridized carbons (Fsp3) is 0.304. The van der Waals surface area contributed by atoms with Gasteiger partial charge in [-0.1, -0.05) is 24.3 Å². The number of nitrogens with zero attached hydrogens (tertiary/aromatic N) is 1. The van der Waals surface area contributed by atoms with E-state index in [9.17, 15) is 9.59 Å². The number of nitrogens with one attached hydrogen (secondary N) is 1. The summed E-state index contributed by atoms with van der Waals surface area (Å²) in [6.07, 6.45) is 2.29. The number of benzene rings is 2. The van der Waals surface area contributed by atoms with Crippen LogP contribution >= 0.6 is 0 Å². The first-order valence-corrected chi connectivity index (χ1v) is 9.70. The number of aromatic nitrogens is 1. The van der Waals surface area contributed by atoms with Gasteiger partial charge in [0.2, 0.25) is 5.91 Å². The van der Waals surface area contributed by atoms with Crippen molar-refractivity contribution < 1.29 is 9.53 Å². The summed E-state index contributed by atoms with van der Waals surface area (Å²) in [5.74, 6) is 0.961. The minimum atomic E-state index is -0.0749. The first kappa shape index (κ1) is 18.3. The third kappa shape index (κ3) is 4.09. The molecule has 5 heteroatoms. The zero-order valence-electron chi connectivity index (χ0n) is 16.0. The number of para-hydroxylation sites is 1. The maximum Gasteiger partial charge on any atom is 0.251 e. The number of carbonyl (C=O) groups excluding carboxylic acids is 1. The van der Waals surface area contributed by atoms with E-state index in [0.717, 1.165) is 41.6 Å². The van der Waals surface area contributed by atoms with E-state index in [1.165, 1.54) is 0 Å². The summed E-state index contributed by atoms with van der Waals surface area (Å²) in [6.45, 7) is 3.18. The van der Waals surface area contributed by atoms with Crippen molar-refractivity contribution in [3.8, 4) is 5.75 Å². The first-order chi connectivity index (χ1) is 13.6. The van der Waals surface area contributed by atoms with Gasteiger partial charge in [0.15, 0.2) is 0 Å². The number of carbonyl (C=O) groups is 1. The van der Waals surface area contributed by atoms with Crippen LogP contribution in [0.5, 0.6) is 5.75 Å². The molecule has 3 aromatic rings. The maximum absolute atomic E-state index is 12.8. The van der Waals surface area contributed by atoms with Crippen LogP contribution in [-0.4, -0.2) is 35.0 Å². The monoisotopic (exact) mass is 376 g/mol. The molecule has 1 aliphatic rings. The molecule has 1 fully saturated rings. The molecule has 2 aromatic carbocycles. The normalized spacial score (nSPS) is 16.9. The highest BCUT2D eigenvalue weighted by atomic mass is 16.5. The average Bonchev–Trinajstić information content (AvgIpc) is 2.70. The van der Waals surface area contributed by atoms with E-state index in [4.69, 9.17) is 4.74 Å². The minimum absolute atomic E-state index is 0.0319. The molecule has 28 heavy (non-hydrogen) atoms.